The topological polar surface area (TPSA) is 87.0 Å². The van der Waals surface area contributed by atoms with Crippen LogP contribution >= 0.6 is 11.8 Å². The largest absolute Gasteiger partial charge is 0.458 e. The maximum atomic E-state index is 13.3. The molecule has 4 rings (SSSR count). The number of anilines is 2. The highest BCUT2D eigenvalue weighted by atomic mass is 35.5. The number of pyridine rings is 1. The summed E-state index contributed by atoms with van der Waals surface area (Å²) in [6, 6.07) is 18.6. The molecule has 1 unspecified atom stereocenters. The minimum atomic E-state index is -1.30. The number of aromatic nitrogens is 1. The number of fused-ring (bicyclic) bond motifs is 1. The summed E-state index contributed by atoms with van der Waals surface area (Å²) in [5, 5.41) is 10.9. The van der Waals surface area contributed by atoms with Gasteiger partial charge in [-0.05, 0) is 30.2 Å². The Kier molecular flexibility index (Phi) is 6.77. The Morgan fingerprint density at radius 2 is 1.82 bits per heavy atom. The van der Waals surface area contributed by atoms with Crippen molar-refractivity contribution in [2.75, 3.05) is 11.5 Å². The Hall–Kier alpha value is -3.94. The van der Waals surface area contributed by atoms with E-state index in [1.807, 2.05) is 60.7 Å². The van der Waals surface area contributed by atoms with Crippen molar-refractivity contribution in [2.24, 2.45) is 4.99 Å². The van der Waals surface area contributed by atoms with Gasteiger partial charge in [-0.3, -0.25) is 9.74 Å². The first kappa shape index (κ1) is 23.2. The van der Waals surface area contributed by atoms with Crippen molar-refractivity contribution in [3.05, 3.63) is 96.7 Å². The standard InChI is InChI=1S/C26H23ClN4O3/c1-4-15-34-25(32)20-19(17-11-7-5-8-12-17)21-23(30-27)29-26(33)31(18-13-9-6-10-14-18)24(21)28-22(20)16(2)3/h4-14,26,33H,1-2,15H2,3H3,(H,29,30). The fraction of sp³-hybridized carbons (Fsp3) is 0.115. The quantitative estimate of drug-likeness (QED) is 0.295. The van der Waals surface area contributed by atoms with E-state index in [0.29, 0.717) is 33.9 Å². The predicted molar refractivity (Wildman–Crippen MR) is 135 cm³/mol. The molecule has 0 radical (unpaired) electrons. The molecule has 3 aromatic rings. The molecule has 8 heteroatoms. The third-order valence-electron chi connectivity index (χ3n) is 5.25. The SMILES string of the molecule is C=CCOC(=O)c1c(C(=C)C)nc2c(c1-c1ccccc1)C(NCl)=NC(O)N2c1ccccc1. The zero-order valence-electron chi connectivity index (χ0n) is 18.5. The zero-order chi connectivity index (χ0) is 24.2. The van der Waals surface area contributed by atoms with Crippen LogP contribution in [0.3, 0.4) is 0 Å². The van der Waals surface area contributed by atoms with E-state index < -0.39 is 12.3 Å². The highest BCUT2D eigenvalue weighted by Gasteiger charge is 2.36. The molecular weight excluding hydrogens is 452 g/mol. The molecule has 0 aliphatic carbocycles. The van der Waals surface area contributed by atoms with Gasteiger partial charge in [-0.2, -0.15) is 0 Å². The van der Waals surface area contributed by atoms with E-state index in [4.69, 9.17) is 21.5 Å². The third kappa shape index (κ3) is 4.19. The Morgan fingerprint density at radius 1 is 1.18 bits per heavy atom. The molecule has 0 saturated carbocycles. The molecule has 7 nitrogen and oxygen atoms in total. The summed E-state index contributed by atoms with van der Waals surface area (Å²) in [7, 11) is 0. The van der Waals surface area contributed by atoms with Crippen LogP contribution in [-0.2, 0) is 4.74 Å². The van der Waals surface area contributed by atoms with Crippen LogP contribution in [0.2, 0.25) is 0 Å². The van der Waals surface area contributed by atoms with Crippen LogP contribution in [0.1, 0.15) is 28.5 Å². The number of rotatable bonds is 6. The highest BCUT2D eigenvalue weighted by molar-refractivity contribution is 6.28. The number of hydrogen-bond donors (Lipinski definition) is 2. The molecule has 0 spiro atoms. The Labute approximate surface area is 202 Å². The smallest absolute Gasteiger partial charge is 0.341 e. The van der Waals surface area contributed by atoms with Gasteiger partial charge in [-0.25, -0.2) is 14.8 Å². The number of benzene rings is 2. The van der Waals surface area contributed by atoms with E-state index in [0.717, 1.165) is 5.56 Å². The lowest BCUT2D eigenvalue weighted by molar-refractivity contribution is 0.0550. The lowest BCUT2D eigenvalue weighted by atomic mass is 9.90. The van der Waals surface area contributed by atoms with Crippen LogP contribution in [0.25, 0.3) is 16.7 Å². The number of nitrogens with zero attached hydrogens (tertiary/aromatic N) is 3. The van der Waals surface area contributed by atoms with Crippen molar-refractivity contribution in [3.63, 3.8) is 0 Å². The number of allylic oxidation sites excluding steroid dienone is 1. The second-order valence-electron chi connectivity index (χ2n) is 7.57. The average molecular weight is 475 g/mol. The van der Waals surface area contributed by atoms with Crippen LogP contribution in [0.15, 0.2) is 84.9 Å². The average Bonchev–Trinajstić information content (AvgIpc) is 2.86. The number of carbonyl (C=O) groups is 1. The molecule has 1 aliphatic heterocycles. The number of aliphatic hydroxyl groups is 1. The van der Waals surface area contributed by atoms with E-state index >= 15 is 0 Å². The van der Waals surface area contributed by atoms with Gasteiger partial charge in [0.2, 0.25) is 6.35 Å². The number of nitrogens with one attached hydrogen (secondary N) is 1. The molecule has 2 N–H and O–H groups in total. The monoisotopic (exact) mass is 474 g/mol. The van der Waals surface area contributed by atoms with Crippen molar-refractivity contribution >= 4 is 40.7 Å². The van der Waals surface area contributed by atoms with Crippen molar-refractivity contribution in [3.8, 4) is 11.1 Å². The first-order valence-electron chi connectivity index (χ1n) is 10.5. The number of para-hydroxylation sites is 1. The Morgan fingerprint density at radius 3 is 2.41 bits per heavy atom. The molecule has 0 amide bonds. The van der Waals surface area contributed by atoms with E-state index in [1.54, 1.807) is 11.8 Å². The summed E-state index contributed by atoms with van der Waals surface area (Å²) >= 11 is 6.06. The maximum Gasteiger partial charge on any atom is 0.341 e. The van der Waals surface area contributed by atoms with E-state index in [9.17, 15) is 9.90 Å². The highest BCUT2D eigenvalue weighted by Crippen LogP contribution is 2.42. The summed E-state index contributed by atoms with van der Waals surface area (Å²) in [5.74, 6) is -0.0407. The molecule has 2 aromatic carbocycles. The molecule has 0 bridgehead atoms. The van der Waals surface area contributed by atoms with Gasteiger partial charge in [-0.1, -0.05) is 67.8 Å². The molecule has 2 heterocycles. The minimum absolute atomic E-state index is 0.0311. The van der Waals surface area contributed by atoms with Gasteiger partial charge >= 0.3 is 5.97 Å². The maximum absolute atomic E-state index is 13.3. The lowest BCUT2D eigenvalue weighted by Gasteiger charge is -2.34. The van der Waals surface area contributed by atoms with Crippen LogP contribution in [0.5, 0.6) is 0 Å². The summed E-state index contributed by atoms with van der Waals surface area (Å²) in [5.41, 5.74) is 3.46. The molecule has 0 saturated heterocycles. The van der Waals surface area contributed by atoms with Crippen molar-refractivity contribution in [2.45, 2.75) is 13.3 Å². The van der Waals surface area contributed by atoms with Crippen molar-refractivity contribution < 1.29 is 14.6 Å². The molecule has 1 aliphatic rings. The van der Waals surface area contributed by atoms with Crippen molar-refractivity contribution in [1.29, 1.82) is 0 Å². The van der Waals surface area contributed by atoms with Crippen molar-refractivity contribution in [1.82, 2.24) is 9.82 Å². The number of esters is 1. The number of aliphatic imine (C=N–C) groups is 1. The number of hydrogen-bond acceptors (Lipinski definition) is 7. The molecule has 1 aromatic heterocycles. The van der Waals surface area contributed by atoms with Gasteiger partial charge in [-0.15, -0.1) is 0 Å². The van der Waals surface area contributed by atoms with Crippen LogP contribution < -0.4 is 9.74 Å². The molecule has 1 atom stereocenters. The molecular formula is C26H23ClN4O3. The Bertz CT molecular complexity index is 1280. The van der Waals surface area contributed by atoms with Gasteiger partial charge in [0.05, 0.1) is 16.8 Å². The van der Waals surface area contributed by atoms with Gasteiger partial charge < -0.3 is 9.84 Å². The lowest BCUT2D eigenvalue weighted by Crippen LogP contribution is -2.39. The minimum Gasteiger partial charge on any atom is -0.458 e. The normalized spacial score (nSPS) is 14.6. The van der Waals surface area contributed by atoms with Crippen LogP contribution in [-0.4, -0.2) is 34.9 Å². The van der Waals surface area contributed by atoms with Gasteiger partial charge in [0.1, 0.15) is 12.4 Å². The first-order chi connectivity index (χ1) is 16.5. The summed E-state index contributed by atoms with van der Waals surface area (Å²) < 4.78 is 5.43. The van der Waals surface area contributed by atoms with E-state index in [1.165, 1.54) is 6.08 Å². The Balaban J connectivity index is 2.13. The van der Waals surface area contributed by atoms with Gasteiger partial charge in [0.25, 0.3) is 0 Å². The van der Waals surface area contributed by atoms with E-state index in [-0.39, 0.29) is 18.0 Å². The third-order valence-corrected chi connectivity index (χ3v) is 5.42. The number of amidine groups is 1. The fourth-order valence-electron chi connectivity index (χ4n) is 3.84. The number of halogens is 1. The summed E-state index contributed by atoms with van der Waals surface area (Å²) in [4.78, 5) is 26.6. The molecule has 172 valence electrons. The van der Waals surface area contributed by atoms with Crippen LogP contribution in [0.4, 0.5) is 11.5 Å². The number of ether oxygens (including phenoxy) is 1. The summed E-state index contributed by atoms with van der Waals surface area (Å²) in [6.45, 7) is 9.46. The number of aliphatic hydroxyl groups excluding tert-OH is 1. The number of carbonyl (C=O) groups excluding carboxylic acids is 1. The molecule has 0 fully saturated rings. The van der Waals surface area contributed by atoms with Gasteiger partial charge in [0.15, 0.2) is 5.84 Å². The predicted octanol–water partition coefficient (Wildman–Crippen LogP) is 5.04. The van der Waals surface area contributed by atoms with E-state index in [2.05, 4.69) is 23.0 Å². The summed E-state index contributed by atoms with van der Waals surface area (Å²) in [6.07, 6.45) is 0.191. The van der Waals surface area contributed by atoms with Gasteiger partial charge in [0, 0.05) is 23.0 Å². The molecule has 34 heavy (non-hydrogen) atoms. The first-order valence-corrected chi connectivity index (χ1v) is 10.9. The zero-order valence-corrected chi connectivity index (χ0v) is 19.3. The fourth-order valence-corrected chi connectivity index (χ4v) is 3.99. The van der Waals surface area contributed by atoms with Crippen LogP contribution in [0, 0.1) is 0 Å². The second-order valence-corrected chi connectivity index (χ2v) is 7.76. The second kappa shape index (κ2) is 9.91.